The van der Waals surface area contributed by atoms with Gasteiger partial charge in [0.05, 0.1) is 6.54 Å². The average Bonchev–Trinajstić information content (AvgIpc) is 3.07. The molecule has 1 aromatic heterocycles. The van der Waals surface area contributed by atoms with E-state index in [4.69, 9.17) is 10.3 Å². The van der Waals surface area contributed by atoms with Crippen LogP contribution in [0, 0.1) is 0 Å². The van der Waals surface area contributed by atoms with Crippen LogP contribution < -0.4 is 5.73 Å². The smallest absolute Gasteiger partial charge is 0.240 e. The van der Waals surface area contributed by atoms with Crippen molar-refractivity contribution in [1.82, 2.24) is 15.0 Å². The first-order valence-corrected chi connectivity index (χ1v) is 7.49. The Bertz CT molecular complexity index is 587. The van der Waals surface area contributed by atoms with E-state index in [1.54, 1.807) is 0 Å². The summed E-state index contributed by atoms with van der Waals surface area (Å²) in [7, 11) is 0. The van der Waals surface area contributed by atoms with Crippen molar-refractivity contribution in [3.05, 3.63) is 47.6 Å². The van der Waals surface area contributed by atoms with Crippen LogP contribution in [-0.2, 0) is 6.54 Å². The molecule has 0 radical (unpaired) electrons. The molecular weight excluding hydrogens is 300 g/mol. The third kappa shape index (κ3) is 3.66. The molecule has 1 fully saturated rings. The molecule has 1 saturated heterocycles. The summed E-state index contributed by atoms with van der Waals surface area (Å²) < 4.78 is 5.32. The Kier molecular flexibility index (Phi) is 5.56. The molecule has 1 aromatic carbocycles. The summed E-state index contributed by atoms with van der Waals surface area (Å²) in [6.07, 6.45) is 0. The lowest BCUT2D eigenvalue weighted by Crippen LogP contribution is -2.28. The van der Waals surface area contributed by atoms with Gasteiger partial charge in [-0.1, -0.05) is 49.3 Å². The normalized spacial score (nSPS) is 22.0. The lowest BCUT2D eigenvalue weighted by Gasteiger charge is -2.14. The van der Waals surface area contributed by atoms with Gasteiger partial charge in [0.15, 0.2) is 5.82 Å². The van der Waals surface area contributed by atoms with Gasteiger partial charge in [0.25, 0.3) is 0 Å². The number of nitrogens with two attached hydrogens (primary N) is 1. The van der Waals surface area contributed by atoms with Crippen molar-refractivity contribution in [2.45, 2.75) is 38.3 Å². The molecule has 22 heavy (non-hydrogen) atoms. The van der Waals surface area contributed by atoms with Gasteiger partial charge in [0.1, 0.15) is 0 Å². The van der Waals surface area contributed by atoms with Crippen LogP contribution >= 0.6 is 12.4 Å². The minimum Gasteiger partial charge on any atom is -0.338 e. The van der Waals surface area contributed by atoms with E-state index in [1.807, 2.05) is 6.07 Å². The predicted molar refractivity (Wildman–Crippen MR) is 88.1 cm³/mol. The van der Waals surface area contributed by atoms with Crippen molar-refractivity contribution >= 4 is 12.4 Å². The molecule has 2 heterocycles. The zero-order chi connectivity index (χ0) is 14.8. The highest BCUT2D eigenvalue weighted by Gasteiger charge is 2.32. The second kappa shape index (κ2) is 7.22. The largest absolute Gasteiger partial charge is 0.338 e. The van der Waals surface area contributed by atoms with Crippen molar-refractivity contribution in [2.24, 2.45) is 5.73 Å². The Balaban J connectivity index is 0.00000176. The Morgan fingerprint density at radius 3 is 2.64 bits per heavy atom. The van der Waals surface area contributed by atoms with Crippen LogP contribution in [0.2, 0.25) is 0 Å². The van der Waals surface area contributed by atoms with Crippen LogP contribution in [0.15, 0.2) is 34.9 Å². The number of halogens is 1. The summed E-state index contributed by atoms with van der Waals surface area (Å²) in [4.78, 5) is 6.73. The van der Waals surface area contributed by atoms with Crippen molar-refractivity contribution in [1.29, 1.82) is 0 Å². The summed E-state index contributed by atoms with van der Waals surface area (Å²) in [6.45, 7) is 6.60. The van der Waals surface area contributed by atoms with Gasteiger partial charge in [-0.05, 0) is 5.56 Å². The van der Waals surface area contributed by atoms with Crippen LogP contribution in [0.1, 0.15) is 43.0 Å². The van der Waals surface area contributed by atoms with Gasteiger partial charge in [-0.3, -0.25) is 4.90 Å². The minimum absolute atomic E-state index is 0. The molecule has 0 bridgehead atoms. The first-order chi connectivity index (χ1) is 10.1. The molecule has 120 valence electrons. The maximum Gasteiger partial charge on any atom is 0.240 e. The van der Waals surface area contributed by atoms with E-state index >= 15 is 0 Å². The molecule has 2 aromatic rings. The molecular formula is C16H23ClN4O. The maximum atomic E-state index is 6.30. The number of nitrogens with zero attached hydrogens (tertiary/aromatic N) is 3. The van der Waals surface area contributed by atoms with Gasteiger partial charge in [-0.25, -0.2) is 0 Å². The molecule has 1 aliphatic heterocycles. The third-order valence-electron chi connectivity index (χ3n) is 4.03. The molecule has 0 unspecified atom stereocenters. The van der Waals surface area contributed by atoms with Crippen LogP contribution in [-0.4, -0.2) is 34.2 Å². The van der Waals surface area contributed by atoms with E-state index in [2.05, 4.69) is 53.2 Å². The summed E-state index contributed by atoms with van der Waals surface area (Å²) >= 11 is 0. The zero-order valence-corrected chi connectivity index (χ0v) is 13.8. The van der Waals surface area contributed by atoms with Gasteiger partial charge in [-0.2, -0.15) is 4.98 Å². The van der Waals surface area contributed by atoms with Gasteiger partial charge >= 0.3 is 0 Å². The fourth-order valence-electron chi connectivity index (χ4n) is 2.85. The number of hydrogen-bond donors (Lipinski definition) is 1. The molecule has 2 N–H and O–H groups in total. The summed E-state index contributed by atoms with van der Waals surface area (Å²) in [6, 6.07) is 10.6. The van der Waals surface area contributed by atoms with Crippen molar-refractivity contribution in [2.75, 3.05) is 13.1 Å². The van der Waals surface area contributed by atoms with Crippen molar-refractivity contribution < 1.29 is 4.52 Å². The molecule has 5 nitrogen and oxygen atoms in total. The standard InChI is InChI=1S/C16H22N4O.ClH/c1-11(2)16-18-15(21-19-16)10-20-8-13(14(17)9-20)12-6-4-3-5-7-12;/h3-7,11,13-14H,8-10,17H2,1-2H3;1H/t13-,14+;/m0./s1. The van der Waals surface area contributed by atoms with E-state index in [-0.39, 0.29) is 18.4 Å². The first-order valence-electron chi connectivity index (χ1n) is 7.49. The SMILES string of the molecule is CC(C)c1noc(CN2C[C@@H](N)[C@H](c3ccccc3)C2)n1.Cl. The van der Waals surface area contributed by atoms with Gasteiger partial charge in [-0.15, -0.1) is 12.4 Å². The molecule has 3 rings (SSSR count). The molecule has 0 aliphatic carbocycles. The second-order valence-electron chi connectivity index (χ2n) is 6.08. The highest BCUT2D eigenvalue weighted by atomic mass is 35.5. The summed E-state index contributed by atoms with van der Waals surface area (Å²) in [5, 5.41) is 4.01. The van der Waals surface area contributed by atoms with E-state index in [9.17, 15) is 0 Å². The lowest BCUT2D eigenvalue weighted by atomic mass is 9.95. The predicted octanol–water partition coefficient (Wildman–Crippen LogP) is 2.54. The third-order valence-corrected chi connectivity index (χ3v) is 4.03. The van der Waals surface area contributed by atoms with Crippen LogP contribution in [0.4, 0.5) is 0 Å². The zero-order valence-electron chi connectivity index (χ0n) is 13.0. The van der Waals surface area contributed by atoms with Gasteiger partial charge < -0.3 is 10.3 Å². The fraction of sp³-hybridized carbons (Fsp3) is 0.500. The van der Waals surface area contributed by atoms with Crippen molar-refractivity contribution in [3.63, 3.8) is 0 Å². The van der Waals surface area contributed by atoms with Crippen molar-refractivity contribution in [3.8, 4) is 0 Å². The number of rotatable bonds is 4. The summed E-state index contributed by atoms with van der Waals surface area (Å²) in [5.74, 6) is 2.12. The monoisotopic (exact) mass is 322 g/mol. The molecule has 6 heteroatoms. The second-order valence-corrected chi connectivity index (χ2v) is 6.08. The van der Waals surface area contributed by atoms with Gasteiger partial charge in [0.2, 0.25) is 5.89 Å². The number of benzene rings is 1. The van der Waals surface area contributed by atoms with E-state index in [0.717, 1.165) is 18.9 Å². The maximum absolute atomic E-state index is 6.30. The molecule has 0 amide bonds. The number of aromatic nitrogens is 2. The van der Waals surface area contributed by atoms with E-state index in [0.29, 0.717) is 24.3 Å². The minimum atomic E-state index is 0. The van der Waals surface area contributed by atoms with Gasteiger partial charge in [0, 0.05) is 31.0 Å². The Morgan fingerprint density at radius 2 is 2.00 bits per heavy atom. The number of hydrogen-bond acceptors (Lipinski definition) is 5. The summed E-state index contributed by atoms with van der Waals surface area (Å²) in [5.41, 5.74) is 7.61. The lowest BCUT2D eigenvalue weighted by molar-refractivity contribution is 0.263. The molecule has 0 spiro atoms. The Morgan fingerprint density at radius 1 is 1.27 bits per heavy atom. The number of likely N-dealkylation sites (tertiary alicyclic amines) is 1. The van der Waals surface area contributed by atoms with Crippen LogP contribution in [0.5, 0.6) is 0 Å². The van der Waals surface area contributed by atoms with E-state index < -0.39 is 0 Å². The molecule has 0 saturated carbocycles. The highest BCUT2D eigenvalue weighted by molar-refractivity contribution is 5.85. The quantitative estimate of drug-likeness (QED) is 0.937. The fourth-order valence-corrected chi connectivity index (χ4v) is 2.85. The molecule has 1 aliphatic rings. The molecule has 2 atom stereocenters. The average molecular weight is 323 g/mol. The topological polar surface area (TPSA) is 68.2 Å². The first kappa shape index (κ1) is 16.9. The van der Waals surface area contributed by atoms with E-state index in [1.165, 1.54) is 5.56 Å². The van der Waals surface area contributed by atoms with Crippen LogP contribution in [0.3, 0.4) is 0 Å². The van der Waals surface area contributed by atoms with Crippen LogP contribution in [0.25, 0.3) is 0 Å². The Labute approximate surface area is 137 Å². The Hall–Kier alpha value is -1.43. The highest BCUT2D eigenvalue weighted by Crippen LogP contribution is 2.27.